The summed E-state index contributed by atoms with van der Waals surface area (Å²) in [7, 11) is 0. The number of furan rings is 1. The molecule has 1 aromatic rings. The molecule has 1 fully saturated rings. The smallest absolute Gasteiger partial charge is 0.305 e. The van der Waals surface area contributed by atoms with Gasteiger partial charge in [-0.3, -0.25) is 14.5 Å². The van der Waals surface area contributed by atoms with Gasteiger partial charge < -0.3 is 14.8 Å². The quantitative estimate of drug-likeness (QED) is 0.816. The Kier molecular flexibility index (Phi) is 4.21. The molecule has 1 saturated heterocycles. The molecule has 0 spiro atoms. The van der Waals surface area contributed by atoms with Gasteiger partial charge in [0, 0.05) is 19.5 Å². The number of nitrogens with one attached hydrogen (secondary N) is 1. The molecule has 1 unspecified atom stereocenters. The molecule has 1 amide bonds. The van der Waals surface area contributed by atoms with E-state index >= 15 is 0 Å². The van der Waals surface area contributed by atoms with Crippen LogP contribution < -0.4 is 5.32 Å². The second kappa shape index (κ2) is 5.88. The van der Waals surface area contributed by atoms with Crippen molar-refractivity contribution in [1.82, 2.24) is 10.2 Å². The Morgan fingerprint density at radius 3 is 2.89 bits per heavy atom. The zero-order chi connectivity index (χ0) is 13.8. The monoisotopic (exact) mass is 266 g/mol. The third kappa shape index (κ3) is 3.35. The number of carbonyl (C=O) groups is 2. The van der Waals surface area contributed by atoms with Gasteiger partial charge in [-0.05, 0) is 12.1 Å². The highest BCUT2D eigenvalue weighted by Crippen LogP contribution is 2.16. The molecule has 1 aliphatic rings. The lowest BCUT2D eigenvalue weighted by Gasteiger charge is -2.33. The van der Waals surface area contributed by atoms with Gasteiger partial charge in [0.05, 0.1) is 13.0 Å². The lowest BCUT2D eigenvalue weighted by Crippen LogP contribution is -2.55. The minimum Gasteiger partial charge on any atom is -0.481 e. The maximum absolute atomic E-state index is 11.7. The lowest BCUT2D eigenvalue weighted by atomic mass is 10.1. The van der Waals surface area contributed by atoms with Crippen LogP contribution in [0.4, 0.5) is 0 Å². The van der Waals surface area contributed by atoms with Crippen LogP contribution in [0.3, 0.4) is 0 Å². The van der Waals surface area contributed by atoms with E-state index in [0.29, 0.717) is 19.6 Å². The number of carboxylic acid groups (broad SMARTS) is 1. The first-order valence-corrected chi connectivity index (χ1v) is 6.41. The van der Waals surface area contributed by atoms with E-state index < -0.39 is 12.0 Å². The van der Waals surface area contributed by atoms with Gasteiger partial charge in [-0.1, -0.05) is 6.92 Å². The standard InChI is InChI=1S/C13H18N2O4/c1-2-9-3-4-10(19-9)8-15-6-5-14-13(18)11(15)7-12(16)17/h3-4,11H,2,5-8H2,1H3,(H,14,18)(H,16,17). The second-order valence-electron chi connectivity index (χ2n) is 4.60. The van der Waals surface area contributed by atoms with Crippen LogP contribution in [0, 0.1) is 0 Å². The van der Waals surface area contributed by atoms with E-state index in [4.69, 9.17) is 9.52 Å². The van der Waals surface area contributed by atoms with Crippen molar-refractivity contribution in [3.05, 3.63) is 23.7 Å². The van der Waals surface area contributed by atoms with Crippen LogP contribution >= 0.6 is 0 Å². The van der Waals surface area contributed by atoms with Crippen molar-refractivity contribution in [2.24, 2.45) is 0 Å². The Morgan fingerprint density at radius 2 is 2.26 bits per heavy atom. The molecule has 19 heavy (non-hydrogen) atoms. The SMILES string of the molecule is CCc1ccc(CN2CCNC(=O)C2CC(=O)O)o1. The summed E-state index contributed by atoms with van der Waals surface area (Å²) in [5.74, 6) is 0.463. The molecule has 1 atom stereocenters. The number of aryl methyl sites for hydroxylation is 1. The molecular weight excluding hydrogens is 248 g/mol. The fourth-order valence-electron chi connectivity index (χ4n) is 2.24. The summed E-state index contributed by atoms with van der Waals surface area (Å²) in [5, 5.41) is 11.6. The maximum atomic E-state index is 11.7. The van der Waals surface area contributed by atoms with E-state index in [1.165, 1.54) is 0 Å². The van der Waals surface area contributed by atoms with Crippen molar-refractivity contribution >= 4 is 11.9 Å². The van der Waals surface area contributed by atoms with E-state index in [1.807, 2.05) is 24.0 Å². The minimum atomic E-state index is -0.972. The van der Waals surface area contributed by atoms with Crippen LogP contribution in [-0.4, -0.2) is 41.0 Å². The van der Waals surface area contributed by atoms with E-state index in [1.54, 1.807) is 0 Å². The Balaban J connectivity index is 2.06. The molecule has 2 heterocycles. The molecule has 1 aliphatic heterocycles. The highest BCUT2D eigenvalue weighted by molar-refractivity contribution is 5.86. The van der Waals surface area contributed by atoms with Crippen molar-refractivity contribution in [3.63, 3.8) is 0 Å². The van der Waals surface area contributed by atoms with Gasteiger partial charge in [-0.15, -0.1) is 0 Å². The summed E-state index contributed by atoms with van der Waals surface area (Å²) in [5.41, 5.74) is 0. The van der Waals surface area contributed by atoms with Crippen molar-refractivity contribution in [2.45, 2.75) is 32.4 Å². The van der Waals surface area contributed by atoms with Gasteiger partial charge in [-0.25, -0.2) is 0 Å². The molecule has 2 N–H and O–H groups in total. The molecule has 0 bridgehead atoms. The molecule has 6 heteroatoms. The summed E-state index contributed by atoms with van der Waals surface area (Å²) in [4.78, 5) is 24.4. The molecule has 0 saturated carbocycles. The van der Waals surface area contributed by atoms with Gasteiger partial charge in [0.1, 0.15) is 17.6 Å². The number of amides is 1. The molecule has 0 aromatic carbocycles. The fourth-order valence-corrected chi connectivity index (χ4v) is 2.24. The van der Waals surface area contributed by atoms with Gasteiger partial charge >= 0.3 is 5.97 Å². The number of piperazine rings is 1. The first kappa shape index (κ1) is 13.6. The maximum Gasteiger partial charge on any atom is 0.305 e. The van der Waals surface area contributed by atoms with E-state index in [0.717, 1.165) is 17.9 Å². The summed E-state index contributed by atoms with van der Waals surface area (Å²) < 4.78 is 5.60. The van der Waals surface area contributed by atoms with Crippen LogP contribution in [0.5, 0.6) is 0 Å². The van der Waals surface area contributed by atoms with E-state index in [9.17, 15) is 9.59 Å². The number of nitrogens with zero attached hydrogens (tertiary/aromatic N) is 1. The van der Waals surface area contributed by atoms with Gasteiger partial charge in [-0.2, -0.15) is 0 Å². The van der Waals surface area contributed by atoms with E-state index in [2.05, 4.69) is 5.32 Å². The molecule has 2 rings (SSSR count). The third-order valence-electron chi connectivity index (χ3n) is 3.23. The van der Waals surface area contributed by atoms with Crippen LogP contribution in [-0.2, 0) is 22.6 Å². The third-order valence-corrected chi connectivity index (χ3v) is 3.23. The molecule has 104 valence electrons. The molecule has 0 aliphatic carbocycles. The van der Waals surface area contributed by atoms with E-state index in [-0.39, 0.29) is 12.3 Å². The number of hydrogen-bond donors (Lipinski definition) is 2. The Hall–Kier alpha value is -1.82. The minimum absolute atomic E-state index is 0.187. The fraction of sp³-hybridized carbons (Fsp3) is 0.538. The van der Waals surface area contributed by atoms with Crippen LogP contribution in [0.25, 0.3) is 0 Å². The van der Waals surface area contributed by atoms with Crippen molar-refractivity contribution in [2.75, 3.05) is 13.1 Å². The normalized spacial score (nSPS) is 20.3. The summed E-state index contributed by atoms with van der Waals surface area (Å²) in [6.07, 6.45) is 0.631. The average molecular weight is 266 g/mol. The molecule has 0 radical (unpaired) electrons. The van der Waals surface area contributed by atoms with Crippen molar-refractivity contribution in [3.8, 4) is 0 Å². The van der Waals surface area contributed by atoms with Gasteiger partial charge in [0.25, 0.3) is 0 Å². The molecule has 6 nitrogen and oxygen atoms in total. The number of aliphatic carboxylic acids is 1. The number of rotatable bonds is 5. The Morgan fingerprint density at radius 1 is 1.53 bits per heavy atom. The Labute approximate surface area is 111 Å². The second-order valence-corrected chi connectivity index (χ2v) is 4.60. The highest BCUT2D eigenvalue weighted by Gasteiger charge is 2.31. The summed E-state index contributed by atoms with van der Waals surface area (Å²) in [6, 6.07) is 3.16. The number of carboxylic acids is 1. The zero-order valence-electron chi connectivity index (χ0n) is 10.9. The topological polar surface area (TPSA) is 82.8 Å². The highest BCUT2D eigenvalue weighted by atomic mass is 16.4. The predicted octanol–water partition coefficient (Wildman–Crippen LogP) is 0.617. The first-order valence-electron chi connectivity index (χ1n) is 6.41. The lowest BCUT2D eigenvalue weighted by molar-refractivity contribution is -0.143. The van der Waals surface area contributed by atoms with Gasteiger partial charge in [0.2, 0.25) is 5.91 Å². The van der Waals surface area contributed by atoms with Crippen LogP contribution in [0.15, 0.2) is 16.5 Å². The molecular formula is C13H18N2O4. The van der Waals surface area contributed by atoms with Crippen molar-refractivity contribution in [1.29, 1.82) is 0 Å². The summed E-state index contributed by atoms with van der Waals surface area (Å²) >= 11 is 0. The van der Waals surface area contributed by atoms with Crippen LogP contribution in [0.1, 0.15) is 24.9 Å². The molecule has 1 aromatic heterocycles. The Bertz CT molecular complexity index is 469. The number of hydrogen-bond acceptors (Lipinski definition) is 4. The average Bonchev–Trinajstić information content (AvgIpc) is 2.81. The summed E-state index contributed by atoms with van der Waals surface area (Å²) in [6.45, 7) is 3.64. The van der Waals surface area contributed by atoms with Gasteiger partial charge in [0.15, 0.2) is 0 Å². The first-order chi connectivity index (χ1) is 9.10. The zero-order valence-corrected chi connectivity index (χ0v) is 10.9. The number of carbonyl (C=O) groups excluding carboxylic acids is 1. The van der Waals surface area contributed by atoms with Crippen molar-refractivity contribution < 1.29 is 19.1 Å². The van der Waals surface area contributed by atoms with Crippen LogP contribution in [0.2, 0.25) is 0 Å². The predicted molar refractivity (Wildman–Crippen MR) is 67.5 cm³/mol. The largest absolute Gasteiger partial charge is 0.481 e.